The fourth-order valence-electron chi connectivity index (χ4n) is 5.71. The lowest BCUT2D eigenvalue weighted by Crippen LogP contribution is -2.56. The van der Waals surface area contributed by atoms with Crippen molar-refractivity contribution in [3.63, 3.8) is 0 Å². The zero-order valence-corrected chi connectivity index (χ0v) is 21.1. The normalized spacial score (nSPS) is 19.1. The summed E-state index contributed by atoms with van der Waals surface area (Å²) in [4.78, 5) is 26.6. The first-order valence-corrected chi connectivity index (χ1v) is 13.2. The summed E-state index contributed by atoms with van der Waals surface area (Å²) in [6.07, 6.45) is 7.20. The molecule has 2 aliphatic rings. The number of likely N-dealkylation sites (tertiary alicyclic amines) is 1. The highest BCUT2D eigenvalue weighted by Crippen LogP contribution is 2.35. The molecule has 1 aliphatic heterocycles. The molecule has 0 radical (unpaired) electrons. The monoisotopic (exact) mass is 495 g/mol. The third-order valence-electron chi connectivity index (χ3n) is 7.84. The van der Waals surface area contributed by atoms with Crippen LogP contribution in [0, 0.1) is 17.7 Å². The van der Waals surface area contributed by atoms with E-state index < -0.39 is 5.60 Å². The predicted octanol–water partition coefficient (Wildman–Crippen LogP) is 5.03. The van der Waals surface area contributed by atoms with E-state index in [9.17, 15) is 19.1 Å². The molecule has 7 heteroatoms. The number of urea groups is 1. The number of anilines is 1. The van der Waals surface area contributed by atoms with Crippen LogP contribution in [0.1, 0.15) is 61.4 Å². The van der Waals surface area contributed by atoms with Crippen LogP contribution in [0.2, 0.25) is 0 Å². The maximum absolute atomic E-state index is 13.2. The number of nitrogens with zero attached hydrogens (tertiary/aromatic N) is 1. The minimum atomic E-state index is -0.987. The van der Waals surface area contributed by atoms with Crippen LogP contribution in [-0.4, -0.2) is 53.6 Å². The molecule has 2 fully saturated rings. The van der Waals surface area contributed by atoms with Crippen LogP contribution in [0.4, 0.5) is 14.9 Å². The zero-order chi connectivity index (χ0) is 25.5. The number of carbonyl (C=O) groups is 2. The van der Waals surface area contributed by atoms with Gasteiger partial charge < -0.3 is 20.6 Å². The molecule has 0 spiro atoms. The highest BCUT2D eigenvalue weighted by molar-refractivity contribution is 5.96. The van der Waals surface area contributed by atoms with Crippen molar-refractivity contribution in [2.45, 2.75) is 57.5 Å². The molecule has 3 N–H and O–H groups in total. The lowest BCUT2D eigenvalue weighted by molar-refractivity contribution is -0.0464. The molecule has 2 amide bonds. The van der Waals surface area contributed by atoms with Crippen LogP contribution in [0.15, 0.2) is 48.5 Å². The van der Waals surface area contributed by atoms with E-state index in [1.807, 2.05) is 12.1 Å². The van der Waals surface area contributed by atoms with Gasteiger partial charge in [-0.15, -0.1) is 0 Å². The van der Waals surface area contributed by atoms with Gasteiger partial charge in [0.15, 0.2) is 5.78 Å². The number of benzene rings is 2. The summed E-state index contributed by atoms with van der Waals surface area (Å²) < 4.78 is 13.2. The first-order valence-electron chi connectivity index (χ1n) is 13.2. The predicted molar refractivity (Wildman–Crippen MR) is 140 cm³/mol. The Kier molecular flexibility index (Phi) is 8.75. The summed E-state index contributed by atoms with van der Waals surface area (Å²) in [5.41, 5.74) is 1.27. The fraction of sp³-hybridized carbons (Fsp3) is 0.517. The van der Waals surface area contributed by atoms with Gasteiger partial charge in [-0.1, -0.05) is 37.1 Å². The number of Topliss-reactive ketones (excluding diaryl/α,β-unsaturated/α-hetero) is 1. The number of amides is 2. The summed E-state index contributed by atoms with van der Waals surface area (Å²) >= 11 is 0. The number of ketones is 1. The number of rotatable bonds is 9. The minimum absolute atomic E-state index is 0.0592. The highest BCUT2D eigenvalue weighted by Gasteiger charge is 2.40. The van der Waals surface area contributed by atoms with Crippen molar-refractivity contribution < 1.29 is 19.1 Å². The lowest BCUT2D eigenvalue weighted by atomic mass is 9.83. The largest absolute Gasteiger partial charge is 0.386 e. The van der Waals surface area contributed by atoms with Gasteiger partial charge in [0.2, 0.25) is 0 Å². The fourth-order valence-corrected chi connectivity index (χ4v) is 5.71. The number of nitrogens with one attached hydrogen (secondary N) is 2. The van der Waals surface area contributed by atoms with Gasteiger partial charge in [-0.25, -0.2) is 9.18 Å². The van der Waals surface area contributed by atoms with Crippen molar-refractivity contribution in [3.05, 3.63) is 65.5 Å². The number of piperidine rings is 1. The van der Waals surface area contributed by atoms with Gasteiger partial charge in [0.25, 0.3) is 0 Å². The number of hydrogen-bond donors (Lipinski definition) is 3. The van der Waals surface area contributed by atoms with Crippen LogP contribution in [0.25, 0.3) is 0 Å². The second-order valence-electron chi connectivity index (χ2n) is 10.6. The van der Waals surface area contributed by atoms with Gasteiger partial charge in [0.05, 0.1) is 5.60 Å². The van der Waals surface area contributed by atoms with Gasteiger partial charge in [-0.05, 0) is 93.8 Å². The van der Waals surface area contributed by atoms with Crippen molar-refractivity contribution in [1.29, 1.82) is 0 Å². The Morgan fingerprint density at radius 1 is 1.06 bits per heavy atom. The van der Waals surface area contributed by atoms with Crippen LogP contribution in [-0.2, 0) is 6.42 Å². The quantitative estimate of drug-likeness (QED) is 0.427. The van der Waals surface area contributed by atoms with Crippen molar-refractivity contribution in [2.24, 2.45) is 11.8 Å². The number of carbonyl (C=O) groups excluding carboxylic acids is 2. The van der Waals surface area contributed by atoms with Gasteiger partial charge in [-0.3, -0.25) is 4.79 Å². The molecule has 0 unspecified atom stereocenters. The van der Waals surface area contributed by atoms with E-state index in [4.69, 9.17) is 0 Å². The van der Waals surface area contributed by atoms with E-state index >= 15 is 0 Å². The molecule has 0 bridgehead atoms. The Bertz CT molecular complexity index is 1030. The van der Waals surface area contributed by atoms with Gasteiger partial charge >= 0.3 is 6.03 Å². The molecular formula is C29H38FN3O3. The molecule has 0 aromatic heterocycles. The van der Waals surface area contributed by atoms with Crippen molar-refractivity contribution in [3.8, 4) is 0 Å². The first kappa shape index (κ1) is 26.3. The molecule has 4 rings (SSSR count). The molecule has 1 saturated carbocycles. The lowest BCUT2D eigenvalue weighted by Gasteiger charge is -2.41. The standard InChI is InChI=1S/C29H38FN3O3/c1-21(34)24-5-4-8-27(18-24)32-28(35)31-19-29(36,25-6-2-3-7-25)20-33-15-13-23(14-16-33)17-22-9-11-26(30)12-10-22/h4-5,8-12,18,23,25,36H,2-3,6-7,13-17,19-20H2,1H3,(H2,31,32,35)/t29-/m1/s1. The summed E-state index contributed by atoms with van der Waals surface area (Å²) in [6.45, 7) is 4.04. The van der Waals surface area contributed by atoms with Crippen molar-refractivity contribution >= 4 is 17.5 Å². The number of hydrogen-bond acceptors (Lipinski definition) is 4. The second kappa shape index (κ2) is 12.0. The van der Waals surface area contributed by atoms with Crippen LogP contribution < -0.4 is 10.6 Å². The van der Waals surface area contributed by atoms with Gasteiger partial charge in [-0.2, -0.15) is 0 Å². The van der Waals surface area contributed by atoms with E-state index in [0.29, 0.717) is 23.7 Å². The maximum Gasteiger partial charge on any atom is 0.319 e. The Hall–Kier alpha value is -2.77. The van der Waals surface area contributed by atoms with Crippen molar-refractivity contribution in [2.75, 3.05) is 31.5 Å². The number of halogens is 1. The van der Waals surface area contributed by atoms with E-state index in [2.05, 4.69) is 15.5 Å². The Labute approximate surface area is 213 Å². The molecular weight excluding hydrogens is 457 g/mol. The Balaban J connectivity index is 1.31. The molecule has 194 valence electrons. The van der Waals surface area contributed by atoms with E-state index in [0.717, 1.165) is 58.0 Å². The molecule has 6 nitrogen and oxygen atoms in total. The van der Waals surface area contributed by atoms with Crippen LogP contribution >= 0.6 is 0 Å². The Morgan fingerprint density at radius 2 is 1.75 bits per heavy atom. The van der Waals surface area contributed by atoms with E-state index in [1.54, 1.807) is 24.3 Å². The van der Waals surface area contributed by atoms with E-state index in [1.165, 1.54) is 24.6 Å². The molecule has 36 heavy (non-hydrogen) atoms. The molecule has 1 heterocycles. The number of aliphatic hydroxyl groups is 1. The minimum Gasteiger partial charge on any atom is -0.386 e. The smallest absolute Gasteiger partial charge is 0.319 e. The SMILES string of the molecule is CC(=O)c1cccc(NC(=O)NC[C@@](O)(CN2CCC(Cc3ccc(F)cc3)CC2)C2CCCC2)c1. The summed E-state index contributed by atoms with van der Waals surface area (Å²) in [6, 6.07) is 13.2. The topological polar surface area (TPSA) is 81.7 Å². The molecule has 2 aromatic rings. The average Bonchev–Trinajstić information content (AvgIpc) is 3.42. The van der Waals surface area contributed by atoms with Crippen molar-refractivity contribution in [1.82, 2.24) is 10.2 Å². The first-order chi connectivity index (χ1) is 17.3. The molecule has 1 aliphatic carbocycles. The number of β-amino-alcohol motifs (C(OH)–C–C–N with tert-alkyl or cyclic N) is 1. The molecule has 1 atom stereocenters. The highest BCUT2D eigenvalue weighted by atomic mass is 19.1. The molecule has 1 saturated heterocycles. The van der Waals surface area contributed by atoms with E-state index in [-0.39, 0.29) is 30.1 Å². The zero-order valence-electron chi connectivity index (χ0n) is 21.1. The summed E-state index contributed by atoms with van der Waals surface area (Å²) in [7, 11) is 0. The third-order valence-corrected chi connectivity index (χ3v) is 7.84. The van der Waals surface area contributed by atoms with Gasteiger partial charge in [0, 0.05) is 24.3 Å². The summed E-state index contributed by atoms with van der Waals surface area (Å²) in [5.74, 6) is 0.458. The Morgan fingerprint density at radius 3 is 2.42 bits per heavy atom. The van der Waals surface area contributed by atoms with Crippen LogP contribution in [0.3, 0.4) is 0 Å². The van der Waals surface area contributed by atoms with Crippen LogP contribution in [0.5, 0.6) is 0 Å². The average molecular weight is 496 g/mol. The van der Waals surface area contributed by atoms with Gasteiger partial charge in [0.1, 0.15) is 5.82 Å². The third kappa shape index (κ3) is 7.14. The summed E-state index contributed by atoms with van der Waals surface area (Å²) in [5, 5.41) is 17.4. The maximum atomic E-state index is 13.2. The second-order valence-corrected chi connectivity index (χ2v) is 10.6. The molecule has 2 aromatic carbocycles.